The van der Waals surface area contributed by atoms with Crippen molar-refractivity contribution in [2.75, 3.05) is 7.11 Å². The predicted molar refractivity (Wildman–Crippen MR) is 86.5 cm³/mol. The summed E-state index contributed by atoms with van der Waals surface area (Å²) in [6.07, 6.45) is 1.63. The molecule has 0 atom stereocenters. The third-order valence-corrected chi connectivity index (χ3v) is 3.58. The predicted octanol–water partition coefficient (Wildman–Crippen LogP) is 2.79. The van der Waals surface area contributed by atoms with E-state index in [4.69, 9.17) is 4.74 Å². The number of ether oxygens (including phenoxy) is 1. The Morgan fingerprint density at radius 1 is 1.04 bits per heavy atom. The first kappa shape index (κ1) is 14.8. The maximum atomic E-state index is 12.5. The van der Waals surface area contributed by atoms with E-state index in [1.54, 1.807) is 19.3 Å². The van der Waals surface area contributed by atoms with Crippen LogP contribution >= 0.6 is 0 Å². The minimum Gasteiger partial charge on any atom is -0.496 e. The highest BCUT2D eigenvalue weighted by Gasteiger charge is 2.33. The first-order chi connectivity index (χ1) is 11.2. The van der Waals surface area contributed by atoms with E-state index in [2.05, 4.69) is 5.32 Å². The van der Waals surface area contributed by atoms with E-state index in [-0.39, 0.29) is 18.1 Å². The molecule has 1 aliphatic heterocycles. The van der Waals surface area contributed by atoms with Crippen molar-refractivity contribution >= 4 is 18.0 Å². The van der Waals surface area contributed by atoms with Crippen LogP contribution in [-0.4, -0.2) is 23.9 Å². The first-order valence-electron chi connectivity index (χ1n) is 7.20. The molecule has 0 unspecified atom stereocenters. The molecule has 116 valence electrons. The average molecular weight is 308 g/mol. The Bertz CT molecular complexity index is 769. The fourth-order valence-electron chi connectivity index (χ4n) is 2.42. The first-order valence-corrected chi connectivity index (χ1v) is 7.20. The molecule has 0 aromatic heterocycles. The van der Waals surface area contributed by atoms with Gasteiger partial charge < -0.3 is 10.1 Å². The molecular weight excluding hydrogens is 292 g/mol. The molecule has 5 nitrogen and oxygen atoms in total. The summed E-state index contributed by atoms with van der Waals surface area (Å²) in [6.45, 7) is 0.245. The Morgan fingerprint density at radius 3 is 2.48 bits per heavy atom. The molecule has 23 heavy (non-hydrogen) atoms. The van der Waals surface area contributed by atoms with Gasteiger partial charge in [-0.3, -0.25) is 9.69 Å². The summed E-state index contributed by atoms with van der Waals surface area (Å²) in [5, 5.41) is 2.62. The van der Waals surface area contributed by atoms with E-state index in [1.807, 2.05) is 48.5 Å². The third kappa shape index (κ3) is 3.08. The molecule has 0 radical (unpaired) electrons. The second-order valence-electron chi connectivity index (χ2n) is 5.11. The van der Waals surface area contributed by atoms with E-state index in [0.29, 0.717) is 5.75 Å². The van der Waals surface area contributed by atoms with Crippen LogP contribution in [-0.2, 0) is 11.3 Å². The van der Waals surface area contributed by atoms with Crippen LogP contribution in [0.5, 0.6) is 5.75 Å². The molecule has 1 fully saturated rings. The molecule has 5 heteroatoms. The second-order valence-corrected chi connectivity index (χ2v) is 5.11. The van der Waals surface area contributed by atoms with E-state index < -0.39 is 6.03 Å². The van der Waals surface area contributed by atoms with Gasteiger partial charge in [0, 0.05) is 5.56 Å². The van der Waals surface area contributed by atoms with Crippen LogP contribution in [0.2, 0.25) is 0 Å². The lowest BCUT2D eigenvalue weighted by molar-refractivity contribution is -0.123. The number of rotatable bonds is 4. The number of carbonyl (C=O) groups is 2. The van der Waals surface area contributed by atoms with E-state index >= 15 is 0 Å². The Morgan fingerprint density at radius 2 is 1.74 bits per heavy atom. The van der Waals surface area contributed by atoms with Gasteiger partial charge >= 0.3 is 6.03 Å². The van der Waals surface area contributed by atoms with Gasteiger partial charge in [-0.2, -0.15) is 0 Å². The number of hydrogen-bond donors (Lipinski definition) is 1. The van der Waals surface area contributed by atoms with Crippen molar-refractivity contribution in [3.05, 3.63) is 71.4 Å². The van der Waals surface area contributed by atoms with Gasteiger partial charge in [0.25, 0.3) is 5.91 Å². The number of para-hydroxylation sites is 1. The molecule has 2 aromatic carbocycles. The number of hydrogen-bond acceptors (Lipinski definition) is 3. The SMILES string of the molecule is COc1ccccc1/C=C1/NC(=O)N(Cc2ccccc2)C1=O. The fourth-order valence-corrected chi connectivity index (χ4v) is 2.42. The number of methoxy groups -OCH3 is 1. The van der Waals surface area contributed by atoms with E-state index in [1.165, 1.54) is 4.90 Å². The van der Waals surface area contributed by atoms with E-state index in [9.17, 15) is 9.59 Å². The molecule has 1 N–H and O–H groups in total. The van der Waals surface area contributed by atoms with Gasteiger partial charge in [0.1, 0.15) is 11.4 Å². The Kier molecular flexibility index (Phi) is 4.10. The number of nitrogens with one attached hydrogen (secondary N) is 1. The van der Waals surface area contributed by atoms with Crippen molar-refractivity contribution in [3.8, 4) is 5.75 Å². The summed E-state index contributed by atoms with van der Waals surface area (Å²) in [5.41, 5.74) is 1.88. The van der Waals surface area contributed by atoms with Crippen molar-refractivity contribution in [2.45, 2.75) is 6.54 Å². The zero-order chi connectivity index (χ0) is 16.2. The van der Waals surface area contributed by atoms with Crippen LogP contribution in [0, 0.1) is 0 Å². The summed E-state index contributed by atoms with van der Waals surface area (Å²) in [6, 6.07) is 16.3. The number of amides is 3. The zero-order valence-corrected chi connectivity index (χ0v) is 12.7. The van der Waals surface area contributed by atoms with Crippen LogP contribution in [0.4, 0.5) is 4.79 Å². The number of urea groups is 1. The Hall–Kier alpha value is -3.08. The smallest absolute Gasteiger partial charge is 0.329 e. The van der Waals surface area contributed by atoms with Gasteiger partial charge in [-0.1, -0.05) is 48.5 Å². The largest absolute Gasteiger partial charge is 0.496 e. The maximum Gasteiger partial charge on any atom is 0.329 e. The second kappa shape index (κ2) is 6.36. The molecule has 1 saturated heterocycles. The molecule has 0 saturated carbocycles. The lowest BCUT2D eigenvalue weighted by Gasteiger charge is -2.11. The van der Waals surface area contributed by atoms with Gasteiger partial charge in [0.2, 0.25) is 0 Å². The average Bonchev–Trinajstić information content (AvgIpc) is 2.84. The minimum atomic E-state index is -0.417. The molecule has 1 aliphatic rings. The van der Waals surface area contributed by atoms with Crippen LogP contribution in [0.3, 0.4) is 0 Å². The monoisotopic (exact) mass is 308 g/mol. The summed E-state index contributed by atoms with van der Waals surface area (Å²) < 4.78 is 5.26. The van der Waals surface area contributed by atoms with Gasteiger partial charge in [0.15, 0.2) is 0 Å². The zero-order valence-electron chi connectivity index (χ0n) is 12.7. The van der Waals surface area contributed by atoms with Crippen LogP contribution in [0.15, 0.2) is 60.3 Å². The highest BCUT2D eigenvalue weighted by Crippen LogP contribution is 2.22. The van der Waals surface area contributed by atoms with Crippen molar-refractivity contribution in [1.29, 1.82) is 0 Å². The van der Waals surface area contributed by atoms with Gasteiger partial charge in [0.05, 0.1) is 13.7 Å². The number of nitrogens with zero attached hydrogens (tertiary/aromatic N) is 1. The quantitative estimate of drug-likeness (QED) is 0.698. The van der Waals surface area contributed by atoms with Crippen molar-refractivity contribution < 1.29 is 14.3 Å². The Labute approximate surface area is 134 Å². The highest BCUT2D eigenvalue weighted by molar-refractivity contribution is 6.14. The number of carbonyl (C=O) groups excluding carboxylic acids is 2. The highest BCUT2D eigenvalue weighted by atomic mass is 16.5. The molecule has 2 aromatic rings. The number of imide groups is 1. The van der Waals surface area contributed by atoms with Gasteiger partial charge in [-0.25, -0.2) is 4.79 Å². The lowest BCUT2D eigenvalue weighted by atomic mass is 10.1. The maximum absolute atomic E-state index is 12.5. The summed E-state index contributed by atoms with van der Waals surface area (Å²) >= 11 is 0. The van der Waals surface area contributed by atoms with Crippen molar-refractivity contribution in [1.82, 2.24) is 10.2 Å². The summed E-state index contributed by atoms with van der Waals surface area (Å²) in [7, 11) is 1.56. The lowest BCUT2D eigenvalue weighted by Crippen LogP contribution is -2.30. The summed E-state index contributed by atoms with van der Waals surface area (Å²) in [4.78, 5) is 25.7. The topological polar surface area (TPSA) is 58.6 Å². The van der Waals surface area contributed by atoms with Crippen molar-refractivity contribution in [2.24, 2.45) is 0 Å². The third-order valence-electron chi connectivity index (χ3n) is 3.58. The van der Waals surface area contributed by atoms with Crippen LogP contribution in [0.25, 0.3) is 6.08 Å². The molecular formula is C18H16N2O3. The molecule has 0 aliphatic carbocycles. The number of benzene rings is 2. The molecule has 3 amide bonds. The standard InChI is InChI=1S/C18H16N2O3/c1-23-16-10-6-5-9-14(16)11-15-17(21)20(18(22)19-15)12-13-7-3-2-4-8-13/h2-11H,12H2,1H3,(H,19,22)/b15-11+. The summed E-state index contributed by atoms with van der Waals surface area (Å²) in [5.74, 6) is 0.299. The minimum absolute atomic E-state index is 0.245. The Balaban J connectivity index is 1.85. The van der Waals surface area contributed by atoms with Crippen LogP contribution in [0.1, 0.15) is 11.1 Å². The van der Waals surface area contributed by atoms with Gasteiger partial charge in [-0.05, 0) is 17.7 Å². The normalized spacial score (nSPS) is 15.9. The van der Waals surface area contributed by atoms with E-state index in [0.717, 1.165) is 11.1 Å². The molecule has 0 bridgehead atoms. The van der Waals surface area contributed by atoms with Crippen molar-refractivity contribution in [3.63, 3.8) is 0 Å². The fraction of sp³-hybridized carbons (Fsp3) is 0.111. The molecule has 0 spiro atoms. The van der Waals surface area contributed by atoms with Gasteiger partial charge in [-0.15, -0.1) is 0 Å². The van der Waals surface area contributed by atoms with Crippen LogP contribution < -0.4 is 10.1 Å². The molecule has 1 heterocycles. The molecule has 3 rings (SSSR count).